The van der Waals surface area contributed by atoms with E-state index < -0.39 is 0 Å². The Hall–Kier alpha value is -3.07. The van der Waals surface area contributed by atoms with E-state index in [4.69, 9.17) is 0 Å². The van der Waals surface area contributed by atoms with E-state index in [9.17, 15) is 14.4 Å². The first kappa shape index (κ1) is 22.6. The molecular weight excluding hydrogens is 462 g/mol. The highest BCUT2D eigenvalue weighted by Crippen LogP contribution is 2.36. The highest BCUT2D eigenvalue weighted by Gasteiger charge is 2.33. The molecule has 3 rings (SSSR count). The summed E-state index contributed by atoms with van der Waals surface area (Å²) in [5.74, 6) is -0.939. The van der Waals surface area contributed by atoms with Crippen LogP contribution in [0.25, 0.3) is 0 Å². The highest BCUT2D eigenvalue weighted by molar-refractivity contribution is 9.10. The van der Waals surface area contributed by atoms with Crippen LogP contribution in [-0.4, -0.2) is 42.3 Å². The summed E-state index contributed by atoms with van der Waals surface area (Å²) in [7, 11) is 1.44. The van der Waals surface area contributed by atoms with E-state index in [0.717, 1.165) is 17.1 Å². The number of hydrogen-bond donors (Lipinski definition) is 1. The summed E-state index contributed by atoms with van der Waals surface area (Å²) in [4.78, 5) is 39.4. The fourth-order valence-electron chi connectivity index (χ4n) is 3.48. The predicted octanol–water partition coefficient (Wildman–Crippen LogP) is 5.28. The number of imide groups is 1. The maximum absolute atomic E-state index is 12.3. The van der Waals surface area contributed by atoms with Crippen LogP contribution in [0, 0.1) is 0 Å². The molecule has 8 nitrogen and oxygen atoms in total. The Bertz CT molecular complexity index is 1100. The fourth-order valence-corrected chi connectivity index (χ4v) is 3.90. The molecule has 0 fully saturated rings. The molecule has 0 atom stereocenters. The molecule has 1 heterocycles. The molecule has 1 aliphatic heterocycles. The molecular formula is C22H24BrN5O3. The number of azo groups is 1. The number of carbonyl (C=O) groups is 3. The zero-order valence-corrected chi connectivity index (χ0v) is 19.6. The third-order valence-corrected chi connectivity index (χ3v) is 5.64. The molecule has 0 aromatic heterocycles. The Kier molecular flexibility index (Phi) is 6.54. The van der Waals surface area contributed by atoms with Gasteiger partial charge in [-0.15, -0.1) is 10.2 Å². The Morgan fingerprint density at radius 3 is 2.29 bits per heavy atom. The van der Waals surface area contributed by atoms with Gasteiger partial charge in [0, 0.05) is 36.7 Å². The van der Waals surface area contributed by atoms with E-state index in [0.29, 0.717) is 33.1 Å². The van der Waals surface area contributed by atoms with Crippen LogP contribution >= 0.6 is 15.9 Å². The summed E-state index contributed by atoms with van der Waals surface area (Å²) in [6, 6.07) is 9.00. The van der Waals surface area contributed by atoms with E-state index in [1.807, 2.05) is 12.1 Å². The highest BCUT2D eigenvalue weighted by atomic mass is 79.9. The van der Waals surface area contributed by atoms with Crippen molar-refractivity contribution >= 4 is 56.4 Å². The molecule has 0 unspecified atom stereocenters. The molecule has 0 radical (unpaired) electrons. The second-order valence-electron chi connectivity index (χ2n) is 7.48. The lowest BCUT2D eigenvalue weighted by Crippen LogP contribution is -2.30. The minimum absolute atomic E-state index is 0.216. The van der Waals surface area contributed by atoms with Gasteiger partial charge in [0.05, 0.1) is 16.8 Å². The number of hydrogen-bond acceptors (Lipinski definition) is 6. The average molecular weight is 486 g/mol. The van der Waals surface area contributed by atoms with Crippen molar-refractivity contribution in [3.8, 4) is 0 Å². The number of carbonyl (C=O) groups excluding carboxylic acids is 3. The van der Waals surface area contributed by atoms with E-state index >= 15 is 0 Å². The van der Waals surface area contributed by atoms with Crippen molar-refractivity contribution in [3.63, 3.8) is 0 Å². The number of anilines is 2. The molecule has 1 N–H and O–H groups in total. The molecule has 9 heteroatoms. The van der Waals surface area contributed by atoms with Crippen LogP contribution in [0.2, 0.25) is 0 Å². The fraction of sp³-hybridized carbons (Fsp3) is 0.318. The third-order valence-electron chi connectivity index (χ3n) is 5.01. The van der Waals surface area contributed by atoms with Gasteiger partial charge in [-0.2, -0.15) is 0 Å². The molecule has 0 aliphatic carbocycles. The van der Waals surface area contributed by atoms with Gasteiger partial charge >= 0.3 is 0 Å². The summed E-state index contributed by atoms with van der Waals surface area (Å²) in [6.07, 6.45) is 0. The van der Waals surface area contributed by atoms with Crippen LogP contribution < -0.4 is 10.2 Å². The van der Waals surface area contributed by atoms with Crippen molar-refractivity contribution in [1.82, 2.24) is 4.90 Å². The first-order valence-electron chi connectivity index (χ1n) is 9.90. The van der Waals surface area contributed by atoms with Crippen molar-refractivity contribution in [1.29, 1.82) is 0 Å². The van der Waals surface area contributed by atoms with E-state index in [2.05, 4.69) is 57.1 Å². The normalized spacial score (nSPS) is 13.3. The lowest BCUT2D eigenvalue weighted by molar-refractivity contribution is -0.114. The van der Waals surface area contributed by atoms with Crippen molar-refractivity contribution in [2.24, 2.45) is 10.2 Å². The molecule has 0 saturated heterocycles. The minimum Gasteiger partial charge on any atom is -0.369 e. The number of amides is 3. The lowest BCUT2D eigenvalue weighted by atomic mass is 10.1. The number of nitrogens with zero attached hydrogens (tertiary/aromatic N) is 4. The largest absolute Gasteiger partial charge is 0.369 e. The second kappa shape index (κ2) is 8.97. The summed E-state index contributed by atoms with van der Waals surface area (Å²) in [5.41, 5.74) is 3.01. The molecule has 1 aliphatic rings. The summed E-state index contributed by atoms with van der Waals surface area (Å²) in [5, 5.41) is 11.4. The van der Waals surface area contributed by atoms with Crippen molar-refractivity contribution in [3.05, 3.63) is 45.9 Å². The monoisotopic (exact) mass is 485 g/mol. The molecule has 0 spiro atoms. The molecule has 2 aromatic rings. The number of rotatable bonds is 6. The molecule has 0 saturated carbocycles. The zero-order valence-electron chi connectivity index (χ0n) is 18.1. The standard InChI is InChI=1S/C22H24BrN5O3/c1-6-28(12(2)3)14-7-8-18(20(9-14)24-13(4)29)25-26-19-11-16-15(10-17(19)23)21(30)27(5)22(16)31/h7-12H,6H2,1-5H3,(H,24,29). The van der Waals surface area contributed by atoms with Crippen molar-refractivity contribution in [2.75, 3.05) is 23.8 Å². The van der Waals surface area contributed by atoms with Gasteiger partial charge in [-0.3, -0.25) is 19.3 Å². The van der Waals surface area contributed by atoms with Gasteiger partial charge < -0.3 is 10.2 Å². The molecule has 162 valence electrons. The van der Waals surface area contributed by atoms with Crippen LogP contribution in [-0.2, 0) is 4.79 Å². The van der Waals surface area contributed by atoms with Gasteiger partial charge in [0.2, 0.25) is 5.91 Å². The topological polar surface area (TPSA) is 94.4 Å². The molecule has 3 amide bonds. The van der Waals surface area contributed by atoms with E-state index in [-0.39, 0.29) is 23.3 Å². The van der Waals surface area contributed by atoms with Gasteiger partial charge in [0.25, 0.3) is 11.8 Å². The number of benzene rings is 2. The maximum Gasteiger partial charge on any atom is 0.261 e. The molecule has 2 aromatic carbocycles. The average Bonchev–Trinajstić information content (AvgIpc) is 2.91. The maximum atomic E-state index is 12.3. The molecule has 31 heavy (non-hydrogen) atoms. The summed E-state index contributed by atoms with van der Waals surface area (Å²) in [6.45, 7) is 8.53. The van der Waals surface area contributed by atoms with Crippen LogP contribution in [0.1, 0.15) is 48.4 Å². The zero-order chi connectivity index (χ0) is 22.9. The van der Waals surface area contributed by atoms with Crippen molar-refractivity contribution < 1.29 is 14.4 Å². The quantitative estimate of drug-likeness (QED) is 0.444. The SMILES string of the molecule is CCN(c1ccc(N=Nc2cc3c(cc2Br)C(=O)N(C)C3=O)c(NC(C)=O)c1)C(C)C. The number of fused-ring (bicyclic) bond motifs is 1. The predicted molar refractivity (Wildman–Crippen MR) is 124 cm³/mol. The summed E-state index contributed by atoms with van der Waals surface area (Å²) < 4.78 is 0.543. The van der Waals surface area contributed by atoms with Gasteiger partial charge in [0.1, 0.15) is 11.4 Å². The third kappa shape index (κ3) is 4.51. The first-order chi connectivity index (χ1) is 14.6. The Morgan fingerprint density at radius 2 is 1.71 bits per heavy atom. The van der Waals surface area contributed by atoms with Crippen LogP contribution in [0.4, 0.5) is 22.7 Å². The number of nitrogens with one attached hydrogen (secondary N) is 1. The van der Waals surface area contributed by atoms with Gasteiger partial charge in [-0.25, -0.2) is 0 Å². The smallest absolute Gasteiger partial charge is 0.261 e. The van der Waals surface area contributed by atoms with E-state index in [1.54, 1.807) is 12.1 Å². The van der Waals surface area contributed by atoms with Crippen molar-refractivity contribution in [2.45, 2.75) is 33.7 Å². The minimum atomic E-state index is -0.374. The second-order valence-corrected chi connectivity index (χ2v) is 8.34. The van der Waals surface area contributed by atoms with Crippen LogP contribution in [0.3, 0.4) is 0 Å². The van der Waals surface area contributed by atoms with E-state index in [1.165, 1.54) is 20.0 Å². The first-order valence-corrected chi connectivity index (χ1v) is 10.7. The Morgan fingerprint density at radius 1 is 1.10 bits per heavy atom. The summed E-state index contributed by atoms with van der Waals surface area (Å²) >= 11 is 3.39. The van der Waals surface area contributed by atoms with Gasteiger partial charge in [-0.05, 0) is 67.0 Å². The van der Waals surface area contributed by atoms with Gasteiger partial charge in [-0.1, -0.05) is 0 Å². The van der Waals surface area contributed by atoms with Crippen LogP contribution in [0.5, 0.6) is 0 Å². The Labute approximate surface area is 189 Å². The lowest BCUT2D eigenvalue weighted by Gasteiger charge is -2.28. The van der Waals surface area contributed by atoms with Gasteiger partial charge in [0.15, 0.2) is 0 Å². The Balaban J connectivity index is 2.00. The van der Waals surface area contributed by atoms with Crippen LogP contribution in [0.15, 0.2) is 45.0 Å². The number of halogens is 1. The molecule has 0 bridgehead atoms.